The van der Waals surface area contributed by atoms with Gasteiger partial charge in [0.25, 0.3) is 0 Å². The summed E-state index contributed by atoms with van der Waals surface area (Å²) in [7, 11) is 0. The molecule has 0 nitrogen and oxygen atoms in total. The van der Waals surface area contributed by atoms with E-state index >= 15 is 0 Å². The van der Waals surface area contributed by atoms with E-state index in [-0.39, 0.29) is 0 Å². The predicted octanol–water partition coefficient (Wildman–Crippen LogP) is 2.73. The molecule has 50 valence electrons. The highest BCUT2D eigenvalue weighted by molar-refractivity contribution is 5.10. The zero-order valence-electron chi connectivity index (χ0n) is 5.95. The SMILES string of the molecule is C1CC12CCC1(CC1)C2. The van der Waals surface area contributed by atoms with Gasteiger partial charge in [0, 0.05) is 0 Å². The van der Waals surface area contributed by atoms with Crippen LogP contribution in [0.5, 0.6) is 0 Å². The smallest absolute Gasteiger partial charge is 0.0292 e. The molecule has 0 amide bonds. The van der Waals surface area contributed by atoms with E-state index in [9.17, 15) is 0 Å². The van der Waals surface area contributed by atoms with Crippen molar-refractivity contribution in [2.45, 2.75) is 44.9 Å². The maximum Gasteiger partial charge on any atom is -0.0292 e. The maximum absolute atomic E-state index is 1.62. The first kappa shape index (κ1) is 4.76. The van der Waals surface area contributed by atoms with E-state index in [0.717, 1.165) is 10.8 Å². The van der Waals surface area contributed by atoms with Crippen LogP contribution in [-0.4, -0.2) is 0 Å². The molecule has 0 saturated heterocycles. The molecule has 0 aromatic heterocycles. The molecule has 3 fully saturated rings. The summed E-state index contributed by atoms with van der Waals surface area (Å²) in [5.74, 6) is 0. The zero-order valence-corrected chi connectivity index (χ0v) is 5.95. The van der Waals surface area contributed by atoms with Gasteiger partial charge in [-0.25, -0.2) is 0 Å². The van der Waals surface area contributed by atoms with E-state index < -0.39 is 0 Å². The highest BCUT2D eigenvalue weighted by atomic mass is 14.6. The Morgan fingerprint density at radius 1 is 0.556 bits per heavy atom. The molecule has 0 heteroatoms. The zero-order chi connectivity index (χ0) is 5.95. The van der Waals surface area contributed by atoms with Crippen molar-refractivity contribution in [3.8, 4) is 0 Å². The minimum Gasteiger partial charge on any atom is -0.0470 e. The largest absolute Gasteiger partial charge is 0.0470 e. The predicted molar refractivity (Wildman–Crippen MR) is 37.2 cm³/mol. The van der Waals surface area contributed by atoms with Gasteiger partial charge in [0.2, 0.25) is 0 Å². The van der Waals surface area contributed by atoms with Gasteiger partial charge in [0.1, 0.15) is 0 Å². The molecule has 3 rings (SSSR count). The second-order valence-electron chi connectivity index (χ2n) is 4.68. The van der Waals surface area contributed by atoms with Crippen LogP contribution in [0.1, 0.15) is 44.9 Å². The standard InChI is InChI=1S/C9H14/c1-2-8(1)5-6-9(7-8)3-4-9/h1-7H2. The van der Waals surface area contributed by atoms with Crippen LogP contribution in [0.15, 0.2) is 0 Å². The number of hydrogen-bond donors (Lipinski definition) is 0. The Balaban J connectivity index is 1.86. The molecule has 0 aromatic rings. The van der Waals surface area contributed by atoms with E-state index in [2.05, 4.69) is 0 Å². The fourth-order valence-corrected chi connectivity index (χ4v) is 2.71. The summed E-state index contributed by atoms with van der Waals surface area (Å²) in [6.07, 6.45) is 11.1. The lowest BCUT2D eigenvalue weighted by atomic mass is 10.0. The molecule has 0 atom stereocenters. The van der Waals surface area contributed by atoms with Crippen LogP contribution in [0, 0.1) is 10.8 Å². The molecule has 3 saturated carbocycles. The first-order valence-electron chi connectivity index (χ1n) is 4.33. The molecule has 0 aromatic carbocycles. The van der Waals surface area contributed by atoms with E-state index in [0.29, 0.717) is 0 Å². The Morgan fingerprint density at radius 3 is 1.11 bits per heavy atom. The molecule has 0 aliphatic heterocycles. The lowest BCUT2D eigenvalue weighted by molar-refractivity contribution is 0.466. The molecule has 0 N–H and O–H groups in total. The fourth-order valence-electron chi connectivity index (χ4n) is 2.71. The van der Waals surface area contributed by atoms with Crippen LogP contribution in [0.2, 0.25) is 0 Å². The van der Waals surface area contributed by atoms with Crippen molar-refractivity contribution in [3.05, 3.63) is 0 Å². The summed E-state index contributed by atoms with van der Waals surface area (Å²) in [6.45, 7) is 0. The first-order valence-corrected chi connectivity index (χ1v) is 4.33. The van der Waals surface area contributed by atoms with Gasteiger partial charge in [-0.3, -0.25) is 0 Å². The quantitative estimate of drug-likeness (QED) is 0.463. The summed E-state index contributed by atoms with van der Waals surface area (Å²) >= 11 is 0. The Kier molecular flexibility index (Phi) is 0.574. The third kappa shape index (κ3) is 0.544. The molecular formula is C9H14. The van der Waals surface area contributed by atoms with E-state index in [1.54, 1.807) is 44.9 Å². The Morgan fingerprint density at radius 2 is 0.889 bits per heavy atom. The second-order valence-corrected chi connectivity index (χ2v) is 4.68. The summed E-state index contributed by atoms with van der Waals surface area (Å²) in [5.41, 5.74) is 1.88. The summed E-state index contributed by atoms with van der Waals surface area (Å²) in [6, 6.07) is 0. The highest BCUT2D eigenvalue weighted by Gasteiger charge is 2.58. The van der Waals surface area contributed by atoms with Crippen LogP contribution >= 0.6 is 0 Å². The molecule has 2 spiro atoms. The van der Waals surface area contributed by atoms with Crippen molar-refractivity contribution in [2.75, 3.05) is 0 Å². The monoisotopic (exact) mass is 122 g/mol. The molecule has 0 bridgehead atoms. The molecule has 0 heterocycles. The normalized spacial score (nSPS) is 40.0. The van der Waals surface area contributed by atoms with Crippen LogP contribution in [0.3, 0.4) is 0 Å². The van der Waals surface area contributed by atoms with E-state index in [1.165, 1.54) is 0 Å². The lowest BCUT2D eigenvalue weighted by Gasteiger charge is -2.03. The van der Waals surface area contributed by atoms with Crippen LogP contribution in [0.4, 0.5) is 0 Å². The minimum absolute atomic E-state index is 0.941. The van der Waals surface area contributed by atoms with Crippen molar-refractivity contribution >= 4 is 0 Å². The van der Waals surface area contributed by atoms with Gasteiger partial charge in [-0.2, -0.15) is 0 Å². The average molecular weight is 122 g/mol. The van der Waals surface area contributed by atoms with E-state index in [4.69, 9.17) is 0 Å². The van der Waals surface area contributed by atoms with Gasteiger partial charge in [-0.1, -0.05) is 0 Å². The van der Waals surface area contributed by atoms with Crippen molar-refractivity contribution in [2.24, 2.45) is 10.8 Å². The molecule has 0 unspecified atom stereocenters. The van der Waals surface area contributed by atoms with Crippen molar-refractivity contribution in [1.82, 2.24) is 0 Å². The van der Waals surface area contributed by atoms with E-state index in [1.807, 2.05) is 0 Å². The molecule has 0 radical (unpaired) electrons. The Bertz CT molecular complexity index is 131. The Hall–Kier alpha value is 0. The van der Waals surface area contributed by atoms with Gasteiger partial charge < -0.3 is 0 Å². The number of hydrogen-bond acceptors (Lipinski definition) is 0. The topological polar surface area (TPSA) is 0 Å². The molecule has 9 heavy (non-hydrogen) atoms. The highest BCUT2D eigenvalue weighted by Crippen LogP contribution is 2.71. The molecule has 3 aliphatic rings. The summed E-state index contributed by atoms with van der Waals surface area (Å²) in [4.78, 5) is 0. The molecular weight excluding hydrogens is 108 g/mol. The van der Waals surface area contributed by atoms with Gasteiger partial charge in [-0.05, 0) is 55.8 Å². The van der Waals surface area contributed by atoms with Gasteiger partial charge in [0.15, 0.2) is 0 Å². The first-order chi connectivity index (χ1) is 4.33. The minimum atomic E-state index is 0.941. The number of rotatable bonds is 0. The third-order valence-corrected chi connectivity index (χ3v) is 3.85. The van der Waals surface area contributed by atoms with Gasteiger partial charge >= 0.3 is 0 Å². The van der Waals surface area contributed by atoms with Crippen molar-refractivity contribution < 1.29 is 0 Å². The molecule has 3 aliphatic carbocycles. The van der Waals surface area contributed by atoms with Gasteiger partial charge in [0.05, 0.1) is 0 Å². The maximum atomic E-state index is 1.62. The van der Waals surface area contributed by atoms with Crippen LogP contribution < -0.4 is 0 Å². The third-order valence-electron chi connectivity index (χ3n) is 3.85. The van der Waals surface area contributed by atoms with Crippen LogP contribution in [0.25, 0.3) is 0 Å². The van der Waals surface area contributed by atoms with Crippen molar-refractivity contribution in [1.29, 1.82) is 0 Å². The fraction of sp³-hybridized carbons (Fsp3) is 1.00. The van der Waals surface area contributed by atoms with Crippen molar-refractivity contribution in [3.63, 3.8) is 0 Å². The Labute approximate surface area is 56.6 Å². The summed E-state index contributed by atoms with van der Waals surface area (Å²) < 4.78 is 0. The lowest BCUT2D eigenvalue weighted by Crippen LogP contribution is -1.93. The summed E-state index contributed by atoms with van der Waals surface area (Å²) in [5, 5.41) is 0. The average Bonchev–Trinajstić information content (AvgIpc) is 2.62. The second kappa shape index (κ2) is 1.09. The van der Waals surface area contributed by atoms with Gasteiger partial charge in [-0.15, -0.1) is 0 Å². The van der Waals surface area contributed by atoms with Crippen LogP contribution in [-0.2, 0) is 0 Å².